The van der Waals surface area contributed by atoms with Crippen LogP contribution in [0.15, 0.2) is 10.6 Å². The maximum Gasteiger partial charge on any atom is 0.194 e. The van der Waals surface area contributed by atoms with Crippen molar-refractivity contribution >= 4 is 0 Å². The molecule has 0 spiro atoms. The summed E-state index contributed by atoms with van der Waals surface area (Å²) >= 11 is 0. The fourth-order valence-electron chi connectivity index (χ4n) is 0.938. The van der Waals surface area contributed by atoms with Crippen molar-refractivity contribution in [3.8, 4) is 0 Å². The summed E-state index contributed by atoms with van der Waals surface area (Å²) in [6, 6.07) is 0. The van der Waals surface area contributed by atoms with Gasteiger partial charge in [0.2, 0.25) is 0 Å². The lowest BCUT2D eigenvalue weighted by molar-refractivity contribution is 0.462. The molecule has 3 nitrogen and oxygen atoms in total. The molecule has 2 N–H and O–H groups in total. The highest BCUT2D eigenvalue weighted by Crippen LogP contribution is 2.04. The van der Waals surface area contributed by atoms with Gasteiger partial charge >= 0.3 is 0 Å². The van der Waals surface area contributed by atoms with Crippen LogP contribution in [0.1, 0.15) is 24.5 Å². The van der Waals surface area contributed by atoms with Gasteiger partial charge in [-0.3, -0.25) is 0 Å². The van der Waals surface area contributed by atoms with E-state index in [4.69, 9.17) is 10.2 Å². The zero-order chi connectivity index (χ0) is 8.10. The van der Waals surface area contributed by atoms with Crippen molar-refractivity contribution in [2.75, 3.05) is 6.54 Å². The normalized spacial score (nSPS) is 10.4. The van der Waals surface area contributed by atoms with Crippen LogP contribution in [-0.4, -0.2) is 11.5 Å². The van der Waals surface area contributed by atoms with Crippen molar-refractivity contribution in [3.05, 3.63) is 17.8 Å². The highest BCUT2D eigenvalue weighted by molar-refractivity contribution is 4.90. The van der Waals surface area contributed by atoms with Crippen LogP contribution in [0.5, 0.6) is 0 Å². The Bertz CT molecular complexity index is 208. The van der Waals surface area contributed by atoms with Crippen LogP contribution in [0.2, 0.25) is 0 Å². The average molecular weight is 154 g/mol. The molecular weight excluding hydrogens is 140 g/mol. The molecule has 0 unspecified atom stereocenters. The van der Waals surface area contributed by atoms with E-state index in [9.17, 15) is 0 Å². The Kier molecular flexibility index (Phi) is 3.11. The van der Waals surface area contributed by atoms with E-state index in [2.05, 4.69) is 4.98 Å². The molecule has 0 fully saturated rings. The number of aryl methyl sites for hydroxylation is 2. The Morgan fingerprint density at radius 1 is 1.55 bits per heavy atom. The van der Waals surface area contributed by atoms with Gasteiger partial charge in [-0.15, -0.1) is 0 Å². The van der Waals surface area contributed by atoms with Gasteiger partial charge in [0, 0.05) is 6.42 Å². The predicted octanol–water partition coefficient (Wildman–Crippen LogP) is 1.26. The molecular formula is C8H14N2O. The molecule has 3 heteroatoms. The van der Waals surface area contributed by atoms with Gasteiger partial charge < -0.3 is 10.2 Å². The Labute approximate surface area is 66.6 Å². The highest BCUT2D eigenvalue weighted by Gasteiger charge is 1.98. The van der Waals surface area contributed by atoms with Crippen molar-refractivity contribution in [2.24, 2.45) is 5.73 Å². The van der Waals surface area contributed by atoms with Crippen LogP contribution >= 0.6 is 0 Å². The highest BCUT2D eigenvalue weighted by atomic mass is 16.3. The summed E-state index contributed by atoms with van der Waals surface area (Å²) in [7, 11) is 0. The molecule has 0 saturated heterocycles. The van der Waals surface area contributed by atoms with Crippen LogP contribution in [0.4, 0.5) is 0 Å². The number of hydrogen-bond acceptors (Lipinski definition) is 3. The van der Waals surface area contributed by atoms with Gasteiger partial charge in [-0.05, 0) is 26.3 Å². The van der Waals surface area contributed by atoms with E-state index in [-0.39, 0.29) is 0 Å². The van der Waals surface area contributed by atoms with Gasteiger partial charge in [0.1, 0.15) is 5.76 Å². The van der Waals surface area contributed by atoms with Gasteiger partial charge in [0.05, 0.1) is 6.20 Å². The third-order valence-electron chi connectivity index (χ3n) is 1.51. The largest absolute Gasteiger partial charge is 0.446 e. The number of aromatic nitrogens is 1. The SMILES string of the molecule is Cc1cnc(CCCCN)o1. The number of hydrogen-bond donors (Lipinski definition) is 1. The van der Waals surface area contributed by atoms with E-state index >= 15 is 0 Å². The van der Waals surface area contributed by atoms with Crippen LogP contribution in [0.3, 0.4) is 0 Å². The van der Waals surface area contributed by atoms with Crippen LogP contribution < -0.4 is 5.73 Å². The third-order valence-corrected chi connectivity index (χ3v) is 1.51. The van der Waals surface area contributed by atoms with E-state index < -0.39 is 0 Å². The molecule has 1 heterocycles. The van der Waals surface area contributed by atoms with Gasteiger partial charge in [0.15, 0.2) is 5.89 Å². The Morgan fingerprint density at radius 3 is 2.91 bits per heavy atom. The maximum absolute atomic E-state index is 5.35. The number of nitrogens with zero attached hydrogens (tertiary/aromatic N) is 1. The lowest BCUT2D eigenvalue weighted by atomic mass is 10.2. The Hall–Kier alpha value is -0.830. The minimum absolute atomic E-state index is 0.750. The second-order valence-electron chi connectivity index (χ2n) is 2.61. The van der Waals surface area contributed by atoms with Crippen LogP contribution in [0.25, 0.3) is 0 Å². The van der Waals surface area contributed by atoms with Gasteiger partial charge in [0.25, 0.3) is 0 Å². The summed E-state index contributed by atoms with van der Waals surface area (Å²) in [5, 5.41) is 0. The van der Waals surface area contributed by atoms with Crippen molar-refractivity contribution in [3.63, 3.8) is 0 Å². The molecule has 0 aliphatic rings. The summed E-state index contributed by atoms with van der Waals surface area (Å²) < 4.78 is 5.28. The zero-order valence-electron chi connectivity index (χ0n) is 6.84. The molecule has 1 rings (SSSR count). The summed E-state index contributed by atoms with van der Waals surface area (Å²) in [4.78, 5) is 4.08. The molecule has 0 bridgehead atoms. The van der Waals surface area contributed by atoms with Gasteiger partial charge in [-0.25, -0.2) is 4.98 Å². The smallest absolute Gasteiger partial charge is 0.194 e. The Morgan fingerprint density at radius 2 is 2.36 bits per heavy atom. The topological polar surface area (TPSA) is 52.0 Å². The van der Waals surface area contributed by atoms with Crippen molar-refractivity contribution in [1.82, 2.24) is 4.98 Å². The predicted molar refractivity (Wildman–Crippen MR) is 43.2 cm³/mol. The molecule has 0 amide bonds. The zero-order valence-corrected chi connectivity index (χ0v) is 6.84. The fraction of sp³-hybridized carbons (Fsp3) is 0.625. The number of oxazole rings is 1. The van der Waals surface area contributed by atoms with Crippen molar-refractivity contribution in [1.29, 1.82) is 0 Å². The minimum atomic E-state index is 0.750. The molecule has 0 aromatic carbocycles. The summed E-state index contributed by atoms with van der Waals surface area (Å²) in [5.74, 6) is 1.71. The van der Waals surface area contributed by atoms with Crippen LogP contribution in [-0.2, 0) is 6.42 Å². The van der Waals surface area contributed by atoms with E-state index in [1.54, 1.807) is 6.20 Å². The Balaban J connectivity index is 2.27. The molecule has 0 saturated carbocycles. The number of rotatable bonds is 4. The fourth-order valence-corrected chi connectivity index (χ4v) is 0.938. The van der Waals surface area contributed by atoms with E-state index in [0.29, 0.717) is 0 Å². The first-order chi connectivity index (χ1) is 5.33. The van der Waals surface area contributed by atoms with Crippen LogP contribution in [0, 0.1) is 6.92 Å². The second kappa shape index (κ2) is 4.13. The second-order valence-corrected chi connectivity index (χ2v) is 2.61. The molecule has 62 valence electrons. The molecule has 1 aromatic heterocycles. The molecule has 0 aliphatic heterocycles. The van der Waals surface area contributed by atoms with E-state index in [1.165, 1.54) is 0 Å². The number of unbranched alkanes of at least 4 members (excludes halogenated alkanes) is 1. The van der Waals surface area contributed by atoms with Crippen molar-refractivity contribution in [2.45, 2.75) is 26.2 Å². The lowest BCUT2D eigenvalue weighted by Crippen LogP contribution is -1.98. The first kappa shape index (κ1) is 8.27. The molecule has 1 aromatic rings. The summed E-state index contributed by atoms with van der Waals surface area (Å²) in [5.41, 5.74) is 5.35. The number of nitrogens with two attached hydrogens (primary N) is 1. The van der Waals surface area contributed by atoms with E-state index in [0.717, 1.165) is 37.5 Å². The molecule has 0 atom stereocenters. The molecule has 11 heavy (non-hydrogen) atoms. The summed E-state index contributed by atoms with van der Waals surface area (Å²) in [6.45, 7) is 2.65. The summed E-state index contributed by atoms with van der Waals surface area (Å²) in [6.07, 6.45) is 4.76. The first-order valence-electron chi connectivity index (χ1n) is 3.94. The maximum atomic E-state index is 5.35. The van der Waals surface area contributed by atoms with Crippen molar-refractivity contribution < 1.29 is 4.42 Å². The van der Waals surface area contributed by atoms with E-state index in [1.807, 2.05) is 6.92 Å². The van der Waals surface area contributed by atoms with Gasteiger partial charge in [-0.2, -0.15) is 0 Å². The quantitative estimate of drug-likeness (QED) is 0.664. The standard InChI is InChI=1S/C8H14N2O/c1-7-6-10-8(11-7)4-2-3-5-9/h6H,2-5,9H2,1H3. The monoisotopic (exact) mass is 154 g/mol. The molecule has 0 radical (unpaired) electrons. The van der Waals surface area contributed by atoms with Gasteiger partial charge in [-0.1, -0.05) is 0 Å². The minimum Gasteiger partial charge on any atom is -0.446 e. The first-order valence-corrected chi connectivity index (χ1v) is 3.94. The molecule has 0 aliphatic carbocycles. The lowest BCUT2D eigenvalue weighted by Gasteiger charge is -1.92. The average Bonchev–Trinajstić information content (AvgIpc) is 2.37. The third kappa shape index (κ3) is 2.72.